The standard InChI is InChI=1S/C39H52N10O7S.C14H24N2O3/c1-44(57(54,55)47-19-16-28(17-20-47)41-38-40-23-27-12-15-34(51)48(36(27)43-38)29-9-3-4-10-29)24-30-25-46(21-22-56-30)18-6-8-26-7-5-11-31-35(26)45(2)39(53)49(31)32-13-14-33(50)42-37(32)52;1-6-7-16-8-9-18-12(11-16)10-15(5)13(17)19-14(2,3)4/h5,7,11-12,15,23,28-30,32H,3-4,6,8-10,13-14,16-22,24-25H2,1-2H3,(H,40,41,43)(H,42,50,52);1,12H,7-11H2,2-5H3/t30-,32?;12-/m00/s1. The highest BCUT2D eigenvalue weighted by atomic mass is 32.2. The van der Waals surface area contributed by atoms with Gasteiger partial charge in [0, 0.05) is 103 Å². The number of pyridine rings is 1. The second-order valence-corrected chi connectivity index (χ2v) is 23.7. The Hall–Kier alpha value is -5.74. The fourth-order valence-corrected chi connectivity index (χ4v) is 12.5. The molecule has 1 aliphatic carbocycles. The van der Waals surface area contributed by atoms with Crippen LogP contribution in [0.1, 0.15) is 96.2 Å². The van der Waals surface area contributed by atoms with Crippen LogP contribution in [0.15, 0.2) is 46.1 Å². The predicted molar refractivity (Wildman–Crippen MR) is 288 cm³/mol. The van der Waals surface area contributed by atoms with Gasteiger partial charge in [-0.1, -0.05) is 30.9 Å². The number of aryl methyl sites for hydroxylation is 2. The average molecular weight is 1070 g/mol. The fourth-order valence-electron chi connectivity index (χ4n) is 11.0. The van der Waals surface area contributed by atoms with Gasteiger partial charge in [0.1, 0.15) is 17.3 Å². The largest absolute Gasteiger partial charge is 0.444 e. The number of rotatable bonds is 15. The summed E-state index contributed by atoms with van der Waals surface area (Å²) in [6.45, 7) is 12.5. The summed E-state index contributed by atoms with van der Waals surface area (Å²) < 4.78 is 52.3. The molecule has 7 heterocycles. The molecule has 4 saturated heterocycles. The monoisotopic (exact) mass is 1070 g/mol. The summed E-state index contributed by atoms with van der Waals surface area (Å²) in [6.07, 6.45) is 13.7. The predicted octanol–water partition coefficient (Wildman–Crippen LogP) is 3.11. The minimum Gasteiger partial charge on any atom is -0.444 e. The number of nitrogens with one attached hydrogen (secondary N) is 2. The van der Waals surface area contributed by atoms with Crippen LogP contribution in [0.2, 0.25) is 0 Å². The molecular weight excluding hydrogens is 997 g/mol. The van der Waals surface area contributed by atoms with Crippen LogP contribution in [-0.4, -0.2) is 190 Å². The lowest BCUT2D eigenvalue weighted by molar-refractivity contribution is -0.135. The number of para-hydroxylation sites is 1. The summed E-state index contributed by atoms with van der Waals surface area (Å²) in [6, 6.07) is 8.52. The lowest BCUT2D eigenvalue weighted by Gasteiger charge is -2.37. The van der Waals surface area contributed by atoms with Crippen molar-refractivity contribution in [2.75, 3.05) is 98.1 Å². The lowest BCUT2D eigenvalue weighted by atomic mass is 10.0. The number of imidazole rings is 1. The minimum atomic E-state index is -3.72. The molecule has 0 bridgehead atoms. The fraction of sp³-hybridized carbons (Fsp3) is 0.642. The van der Waals surface area contributed by atoms with Gasteiger partial charge in [0.05, 0.1) is 49.5 Å². The molecule has 3 aromatic heterocycles. The number of terminal acetylenes is 1. The van der Waals surface area contributed by atoms with Crippen molar-refractivity contribution >= 4 is 56.1 Å². The highest BCUT2D eigenvalue weighted by molar-refractivity contribution is 7.86. The summed E-state index contributed by atoms with van der Waals surface area (Å²) in [5.74, 6) is 2.30. The molecule has 9 rings (SSSR count). The van der Waals surface area contributed by atoms with E-state index in [1.165, 1.54) is 13.2 Å². The number of carbonyl (C=O) groups excluding carboxylic acids is 3. The molecule has 2 N–H and O–H groups in total. The molecule has 1 aromatic carbocycles. The Morgan fingerprint density at radius 1 is 0.921 bits per heavy atom. The quantitative estimate of drug-likeness (QED) is 0.129. The van der Waals surface area contributed by atoms with Gasteiger partial charge in [-0.2, -0.15) is 22.0 Å². The van der Waals surface area contributed by atoms with E-state index in [1.54, 1.807) is 48.9 Å². The van der Waals surface area contributed by atoms with E-state index in [1.807, 2.05) is 43.5 Å². The first kappa shape index (κ1) is 56.5. The molecule has 1 unspecified atom stereocenters. The normalized spacial score (nSPS) is 21.8. The minimum absolute atomic E-state index is 0.00749. The number of amides is 3. The number of fused-ring (bicyclic) bond motifs is 2. The van der Waals surface area contributed by atoms with Gasteiger partial charge < -0.3 is 24.4 Å². The molecule has 0 radical (unpaired) electrons. The Kier molecular flexibility index (Phi) is 18.4. The number of aromatic nitrogens is 5. The van der Waals surface area contributed by atoms with E-state index in [0.29, 0.717) is 82.3 Å². The van der Waals surface area contributed by atoms with Gasteiger partial charge in [0.15, 0.2) is 0 Å². The molecule has 5 fully saturated rings. The number of likely N-dealkylation sites (N-methyl/N-ethyl adjacent to an activating group) is 2. The van der Waals surface area contributed by atoms with Gasteiger partial charge in [-0.3, -0.25) is 43.2 Å². The topological polar surface area (TPSA) is 228 Å². The van der Waals surface area contributed by atoms with E-state index in [0.717, 1.165) is 74.7 Å². The first-order valence-electron chi connectivity index (χ1n) is 26.7. The summed E-state index contributed by atoms with van der Waals surface area (Å²) in [4.78, 5) is 77.6. The van der Waals surface area contributed by atoms with Gasteiger partial charge in [-0.05, 0) is 90.0 Å². The van der Waals surface area contributed by atoms with E-state index in [4.69, 9.17) is 25.6 Å². The van der Waals surface area contributed by atoms with Crippen LogP contribution in [0.4, 0.5) is 10.7 Å². The maximum Gasteiger partial charge on any atom is 0.410 e. The average Bonchev–Trinajstić information content (AvgIpc) is 4.00. The third-order valence-electron chi connectivity index (χ3n) is 14.9. The highest BCUT2D eigenvalue weighted by Crippen LogP contribution is 2.31. The molecule has 22 nitrogen and oxygen atoms in total. The highest BCUT2D eigenvalue weighted by Gasteiger charge is 2.35. The van der Waals surface area contributed by atoms with Crippen LogP contribution in [0.5, 0.6) is 0 Å². The Morgan fingerprint density at radius 3 is 2.32 bits per heavy atom. The zero-order valence-corrected chi connectivity index (χ0v) is 45.8. The Bertz CT molecular complexity index is 2990. The van der Waals surface area contributed by atoms with Crippen molar-refractivity contribution in [3.05, 3.63) is 62.9 Å². The number of morpholine rings is 2. The van der Waals surface area contributed by atoms with Crippen LogP contribution in [-0.2, 0) is 47.5 Å². The van der Waals surface area contributed by atoms with Gasteiger partial charge in [-0.15, -0.1) is 6.42 Å². The van der Waals surface area contributed by atoms with E-state index in [-0.39, 0.29) is 66.9 Å². The van der Waals surface area contributed by atoms with Crippen LogP contribution in [0, 0.1) is 12.3 Å². The van der Waals surface area contributed by atoms with Gasteiger partial charge in [-0.25, -0.2) is 14.6 Å². The summed E-state index contributed by atoms with van der Waals surface area (Å²) in [5.41, 5.74) is 2.29. The Balaban J connectivity index is 0.000000341. The first-order chi connectivity index (χ1) is 36.3. The number of anilines is 1. The molecule has 23 heteroatoms. The molecule has 1 saturated carbocycles. The van der Waals surface area contributed by atoms with Crippen LogP contribution < -0.4 is 21.9 Å². The van der Waals surface area contributed by atoms with E-state index in [9.17, 15) is 32.4 Å². The number of hydrogen-bond donors (Lipinski definition) is 2. The number of benzene rings is 1. The zero-order valence-electron chi connectivity index (χ0n) is 44.9. The van der Waals surface area contributed by atoms with E-state index in [2.05, 4.69) is 31.3 Å². The molecule has 76 heavy (non-hydrogen) atoms. The summed E-state index contributed by atoms with van der Waals surface area (Å²) in [5, 5.41) is 6.59. The number of ether oxygens (including phenoxy) is 3. The van der Waals surface area contributed by atoms with E-state index < -0.39 is 27.8 Å². The van der Waals surface area contributed by atoms with Crippen LogP contribution in [0.3, 0.4) is 0 Å². The van der Waals surface area contributed by atoms with Crippen molar-refractivity contribution in [2.24, 2.45) is 7.05 Å². The van der Waals surface area contributed by atoms with Gasteiger partial charge in [0.25, 0.3) is 15.8 Å². The van der Waals surface area contributed by atoms with Crippen molar-refractivity contribution < 1.29 is 37.0 Å². The molecular formula is C53H76N12O10S. The number of imide groups is 1. The van der Waals surface area contributed by atoms with Crippen molar-refractivity contribution in [3.63, 3.8) is 0 Å². The Morgan fingerprint density at radius 2 is 1.62 bits per heavy atom. The second-order valence-electron chi connectivity index (χ2n) is 21.7. The summed E-state index contributed by atoms with van der Waals surface area (Å²) >= 11 is 0. The lowest BCUT2D eigenvalue weighted by Crippen LogP contribution is -2.52. The van der Waals surface area contributed by atoms with Crippen molar-refractivity contribution in [1.82, 2.24) is 52.3 Å². The molecule has 3 atom stereocenters. The molecule has 5 aliphatic rings. The van der Waals surface area contributed by atoms with Gasteiger partial charge >= 0.3 is 11.8 Å². The Labute approximate surface area is 445 Å². The molecule has 4 aliphatic heterocycles. The second kappa shape index (κ2) is 24.7. The van der Waals surface area contributed by atoms with Gasteiger partial charge in [0.2, 0.25) is 17.8 Å². The molecule has 414 valence electrons. The summed E-state index contributed by atoms with van der Waals surface area (Å²) in [7, 11) is 1.33. The molecule has 0 spiro atoms. The van der Waals surface area contributed by atoms with Crippen molar-refractivity contribution in [2.45, 2.75) is 121 Å². The SMILES string of the molecule is C#CCN1CCO[C@@H](CN(C)C(=O)OC(C)(C)C)C1.CN(C[C@H]1CN(CCCc2cccc3c2n(C)c(=O)n3C2CCC(=O)NC2=O)CCO1)S(=O)(=O)N1CCC(Nc2ncc3ccc(=O)n(C4CCCC4)c3n2)CC1. The maximum absolute atomic E-state index is 13.7. The number of hydrogen-bond acceptors (Lipinski definition) is 15. The number of carbonyl (C=O) groups is 3. The molecule has 4 aromatic rings. The smallest absolute Gasteiger partial charge is 0.410 e. The zero-order chi connectivity index (χ0) is 54.3. The third-order valence-corrected chi connectivity index (χ3v) is 16.9. The van der Waals surface area contributed by atoms with Crippen molar-refractivity contribution in [3.8, 4) is 12.3 Å². The van der Waals surface area contributed by atoms with Crippen LogP contribution >= 0.6 is 0 Å². The molecule has 3 amide bonds. The third kappa shape index (κ3) is 13.7. The first-order valence-corrected chi connectivity index (χ1v) is 28.1. The van der Waals surface area contributed by atoms with Crippen LogP contribution in [0.25, 0.3) is 22.1 Å². The number of piperidine rings is 2. The maximum atomic E-state index is 13.7. The number of nitrogens with zero attached hydrogens (tertiary/aromatic N) is 10. The van der Waals surface area contributed by atoms with Crippen molar-refractivity contribution in [1.29, 1.82) is 0 Å². The van der Waals surface area contributed by atoms with E-state index >= 15 is 0 Å².